The van der Waals surface area contributed by atoms with Gasteiger partial charge in [0.15, 0.2) is 0 Å². The SMILES string of the molecule is CC(NN)=C1CCCC1C. The van der Waals surface area contributed by atoms with Crippen LogP contribution in [0.15, 0.2) is 11.3 Å². The minimum absolute atomic E-state index is 0.746. The molecule has 1 aliphatic carbocycles. The summed E-state index contributed by atoms with van der Waals surface area (Å²) < 4.78 is 0. The highest BCUT2D eigenvalue weighted by molar-refractivity contribution is 5.15. The summed E-state index contributed by atoms with van der Waals surface area (Å²) >= 11 is 0. The monoisotopic (exact) mass is 140 g/mol. The largest absolute Gasteiger partial charge is 0.329 e. The maximum absolute atomic E-state index is 5.31. The predicted octanol–water partition coefficient (Wildman–Crippen LogP) is 1.54. The van der Waals surface area contributed by atoms with Gasteiger partial charge in [-0.2, -0.15) is 0 Å². The van der Waals surface area contributed by atoms with Gasteiger partial charge in [-0.3, -0.25) is 5.84 Å². The van der Waals surface area contributed by atoms with E-state index in [-0.39, 0.29) is 0 Å². The van der Waals surface area contributed by atoms with Gasteiger partial charge in [0.25, 0.3) is 0 Å². The van der Waals surface area contributed by atoms with E-state index in [1.54, 1.807) is 0 Å². The summed E-state index contributed by atoms with van der Waals surface area (Å²) in [6.07, 6.45) is 3.89. The zero-order chi connectivity index (χ0) is 7.56. The van der Waals surface area contributed by atoms with Crippen LogP contribution in [0.2, 0.25) is 0 Å². The minimum Gasteiger partial charge on any atom is -0.329 e. The molecule has 0 aromatic carbocycles. The first-order valence-electron chi connectivity index (χ1n) is 3.92. The number of hydrogen-bond acceptors (Lipinski definition) is 2. The molecule has 0 aliphatic heterocycles. The van der Waals surface area contributed by atoms with Crippen LogP contribution in [0.5, 0.6) is 0 Å². The first-order chi connectivity index (χ1) is 4.75. The van der Waals surface area contributed by atoms with E-state index in [0.717, 1.165) is 5.92 Å². The first kappa shape index (κ1) is 7.61. The van der Waals surface area contributed by atoms with Gasteiger partial charge >= 0.3 is 0 Å². The molecule has 0 spiro atoms. The second-order valence-electron chi connectivity index (χ2n) is 3.09. The standard InChI is InChI=1S/C8H16N2/c1-6-4-3-5-8(6)7(2)10-9/h6,10H,3-5,9H2,1-2H3. The molecule has 1 aliphatic rings. The van der Waals surface area contributed by atoms with Crippen molar-refractivity contribution in [3.8, 4) is 0 Å². The molecule has 1 saturated carbocycles. The second-order valence-corrected chi connectivity index (χ2v) is 3.09. The lowest BCUT2D eigenvalue weighted by atomic mass is 10.0. The van der Waals surface area contributed by atoms with Gasteiger partial charge < -0.3 is 5.43 Å². The number of hydrazine groups is 1. The van der Waals surface area contributed by atoms with E-state index in [1.165, 1.54) is 30.5 Å². The molecule has 1 unspecified atom stereocenters. The Bertz CT molecular complexity index is 149. The van der Waals surface area contributed by atoms with Crippen molar-refractivity contribution in [2.75, 3.05) is 0 Å². The summed E-state index contributed by atoms with van der Waals surface area (Å²) in [4.78, 5) is 0. The molecule has 0 bridgehead atoms. The molecular weight excluding hydrogens is 124 g/mol. The summed E-state index contributed by atoms with van der Waals surface area (Å²) in [5, 5.41) is 0. The zero-order valence-corrected chi connectivity index (χ0v) is 6.78. The van der Waals surface area contributed by atoms with Crippen molar-refractivity contribution in [2.24, 2.45) is 11.8 Å². The highest BCUT2D eigenvalue weighted by Crippen LogP contribution is 2.31. The van der Waals surface area contributed by atoms with Gasteiger partial charge in [-0.15, -0.1) is 0 Å². The van der Waals surface area contributed by atoms with Gasteiger partial charge in [-0.25, -0.2) is 0 Å². The van der Waals surface area contributed by atoms with Gasteiger partial charge in [0.05, 0.1) is 0 Å². The lowest BCUT2D eigenvalue weighted by Gasteiger charge is -2.08. The molecule has 0 aromatic rings. The molecule has 0 heterocycles. The molecule has 1 fully saturated rings. The lowest BCUT2D eigenvalue weighted by molar-refractivity contribution is 0.681. The van der Waals surface area contributed by atoms with E-state index in [4.69, 9.17) is 5.84 Å². The van der Waals surface area contributed by atoms with Crippen LogP contribution in [-0.4, -0.2) is 0 Å². The summed E-state index contributed by atoms with van der Waals surface area (Å²) in [6.45, 7) is 4.32. The Morgan fingerprint density at radius 1 is 1.70 bits per heavy atom. The smallest absolute Gasteiger partial charge is 0.0223 e. The van der Waals surface area contributed by atoms with E-state index < -0.39 is 0 Å². The van der Waals surface area contributed by atoms with Crippen LogP contribution in [0.4, 0.5) is 0 Å². The van der Waals surface area contributed by atoms with E-state index in [2.05, 4.69) is 19.3 Å². The average Bonchev–Trinajstić information content (AvgIpc) is 2.34. The third-order valence-electron chi connectivity index (χ3n) is 2.38. The molecule has 0 saturated heterocycles. The molecular formula is C8H16N2. The van der Waals surface area contributed by atoms with Crippen molar-refractivity contribution in [2.45, 2.75) is 33.1 Å². The fourth-order valence-corrected chi connectivity index (χ4v) is 1.67. The van der Waals surface area contributed by atoms with E-state index in [0.29, 0.717) is 0 Å². The first-order valence-corrected chi connectivity index (χ1v) is 3.92. The maximum atomic E-state index is 5.31. The van der Waals surface area contributed by atoms with Crippen molar-refractivity contribution in [3.63, 3.8) is 0 Å². The molecule has 3 N–H and O–H groups in total. The van der Waals surface area contributed by atoms with Gasteiger partial charge in [-0.1, -0.05) is 6.92 Å². The number of rotatable bonds is 1. The molecule has 10 heavy (non-hydrogen) atoms. The Hall–Kier alpha value is -0.500. The molecule has 1 atom stereocenters. The third kappa shape index (κ3) is 1.32. The minimum atomic E-state index is 0.746. The maximum Gasteiger partial charge on any atom is 0.0223 e. The van der Waals surface area contributed by atoms with Crippen LogP contribution in [0, 0.1) is 5.92 Å². The van der Waals surface area contributed by atoms with Gasteiger partial charge in [0.2, 0.25) is 0 Å². The van der Waals surface area contributed by atoms with Crippen LogP contribution in [0.3, 0.4) is 0 Å². The van der Waals surface area contributed by atoms with Crippen molar-refractivity contribution in [3.05, 3.63) is 11.3 Å². The highest BCUT2D eigenvalue weighted by atomic mass is 15.2. The highest BCUT2D eigenvalue weighted by Gasteiger charge is 2.17. The Kier molecular flexibility index (Phi) is 2.33. The Morgan fingerprint density at radius 3 is 2.80 bits per heavy atom. The van der Waals surface area contributed by atoms with E-state index >= 15 is 0 Å². The molecule has 0 aromatic heterocycles. The Balaban J connectivity index is 2.69. The third-order valence-corrected chi connectivity index (χ3v) is 2.38. The average molecular weight is 140 g/mol. The normalized spacial score (nSPS) is 30.5. The summed E-state index contributed by atoms with van der Waals surface area (Å²) in [5.74, 6) is 6.05. The van der Waals surface area contributed by atoms with E-state index in [1.807, 2.05) is 0 Å². The number of hydrogen-bond donors (Lipinski definition) is 2. The zero-order valence-electron chi connectivity index (χ0n) is 6.78. The van der Waals surface area contributed by atoms with Crippen LogP contribution in [0.1, 0.15) is 33.1 Å². The molecule has 0 radical (unpaired) electrons. The van der Waals surface area contributed by atoms with Crippen molar-refractivity contribution < 1.29 is 0 Å². The molecule has 58 valence electrons. The Labute approximate surface area is 62.5 Å². The fraction of sp³-hybridized carbons (Fsp3) is 0.750. The summed E-state index contributed by atoms with van der Waals surface area (Å²) in [6, 6.07) is 0. The van der Waals surface area contributed by atoms with Crippen LogP contribution in [0.25, 0.3) is 0 Å². The van der Waals surface area contributed by atoms with Crippen LogP contribution >= 0.6 is 0 Å². The van der Waals surface area contributed by atoms with Gasteiger partial charge in [-0.05, 0) is 37.7 Å². The fourth-order valence-electron chi connectivity index (χ4n) is 1.67. The van der Waals surface area contributed by atoms with Crippen molar-refractivity contribution in [1.82, 2.24) is 5.43 Å². The quantitative estimate of drug-likeness (QED) is 0.428. The number of nitrogens with one attached hydrogen (secondary N) is 1. The van der Waals surface area contributed by atoms with Crippen molar-refractivity contribution >= 4 is 0 Å². The van der Waals surface area contributed by atoms with Crippen LogP contribution < -0.4 is 11.3 Å². The summed E-state index contributed by atoms with van der Waals surface area (Å²) in [7, 11) is 0. The number of nitrogens with two attached hydrogens (primary N) is 1. The lowest BCUT2D eigenvalue weighted by Crippen LogP contribution is -2.21. The molecule has 1 rings (SSSR count). The molecule has 2 nitrogen and oxygen atoms in total. The van der Waals surface area contributed by atoms with Crippen LogP contribution in [-0.2, 0) is 0 Å². The van der Waals surface area contributed by atoms with Gasteiger partial charge in [0.1, 0.15) is 0 Å². The number of allylic oxidation sites excluding steroid dienone is 2. The topological polar surface area (TPSA) is 38.0 Å². The predicted molar refractivity (Wildman–Crippen MR) is 43.0 cm³/mol. The van der Waals surface area contributed by atoms with E-state index in [9.17, 15) is 0 Å². The van der Waals surface area contributed by atoms with Crippen molar-refractivity contribution in [1.29, 1.82) is 0 Å². The molecule has 2 heteroatoms. The summed E-state index contributed by atoms with van der Waals surface area (Å²) in [5.41, 5.74) is 5.40. The Morgan fingerprint density at radius 2 is 2.40 bits per heavy atom. The van der Waals surface area contributed by atoms with Gasteiger partial charge in [0, 0.05) is 5.70 Å². The molecule has 0 amide bonds. The second kappa shape index (κ2) is 3.06.